The Hall–Kier alpha value is -1.90. The highest BCUT2D eigenvalue weighted by molar-refractivity contribution is 6.13. The summed E-state index contributed by atoms with van der Waals surface area (Å²) in [6.45, 7) is 8.81. The molecule has 3 nitrogen and oxygen atoms in total. The van der Waals surface area contributed by atoms with E-state index in [-0.39, 0.29) is 17.9 Å². The van der Waals surface area contributed by atoms with Crippen molar-refractivity contribution < 1.29 is 9.59 Å². The monoisotopic (exact) mass is 297 g/mol. The molecule has 3 heteroatoms. The van der Waals surface area contributed by atoms with Gasteiger partial charge in [0.1, 0.15) is 0 Å². The van der Waals surface area contributed by atoms with E-state index < -0.39 is 0 Å². The average Bonchev–Trinajstić information content (AvgIpc) is 2.99. The molecule has 3 rings (SSSR count). The van der Waals surface area contributed by atoms with Crippen LogP contribution in [-0.2, 0) is 9.59 Å². The first kappa shape index (κ1) is 15.0. The van der Waals surface area contributed by atoms with Gasteiger partial charge in [-0.25, -0.2) is 0 Å². The number of carbonyl (C=O) groups is 2. The maximum Gasteiger partial charge on any atom is 0.254 e. The fourth-order valence-electron chi connectivity index (χ4n) is 3.67. The summed E-state index contributed by atoms with van der Waals surface area (Å²) in [5.74, 6) is 1.01. The fraction of sp³-hybridized carbons (Fsp3) is 0.474. The van der Waals surface area contributed by atoms with Crippen LogP contribution in [0.15, 0.2) is 30.4 Å². The summed E-state index contributed by atoms with van der Waals surface area (Å²) in [6, 6.07) is 6.43. The summed E-state index contributed by atoms with van der Waals surface area (Å²) >= 11 is 0. The molecular weight excluding hydrogens is 274 g/mol. The summed E-state index contributed by atoms with van der Waals surface area (Å²) in [5, 5.41) is 0. The minimum absolute atomic E-state index is 0.112. The van der Waals surface area contributed by atoms with Crippen LogP contribution in [0, 0.1) is 5.92 Å². The van der Waals surface area contributed by atoms with Crippen LogP contribution in [0.2, 0.25) is 0 Å². The third-order valence-corrected chi connectivity index (χ3v) is 4.97. The molecule has 0 aromatic heterocycles. The van der Waals surface area contributed by atoms with Crippen LogP contribution in [0.1, 0.15) is 68.7 Å². The molecule has 0 saturated carbocycles. The van der Waals surface area contributed by atoms with Gasteiger partial charge in [-0.1, -0.05) is 45.9 Å². The van der Waals surface area contributed by atoms with Crippen molar-refractivity contribution >= 4 is 11.8 Å². The summed E-state index contributed by atoms with van der Waals surface area (Å²) in [5.41, 5.74) is 3.79. The number of carbonyl (C=O) groups excluding carboxylic acids is 2. The summed E-state index contributed by atoms with van der Waals surface area (Å²) in [4.78, 5) is 25.5. The van der Waals surface area contributed by atoms with Crippen LogP contribution in [-0.4, -0.2) is 16.7 Å². The second-order valence-corrected chi connectivity index (χ2v) is 7.02. The first-order valence-corrected chi connectivity index (χ1v) is 8.09. The summed E-state index contributed by atoms with van der Waals surface area (Å²) in [7, 11) is 0. The van der Waals surface area contributed by atoms with E-state index in [1.807, 2.05) is 0 Å². The van der Waals surface area contributed by atoms with E-state index in [0.29, 0.717) is 17.8 Å². The van der Waals surface area contributed by atoms with Crippen molar-refractivity contribution in [3.8, 4) is 0 Å². The van der Waals surface area contributed by atoms with E-state index in [1.165, 1.54) is 28.2 Å². The van der Waals surface area contributed by atoms with Gasteiger partial charge in [0.25, 0.3) is 11.8 Å². The van der Waals surface area contributed by atoms with Crippen LogP contribution in [0.25, 0.3) is 0 Å². The highest BCUT2D eigenvalue weighted by Gasteiger charge is 2.41. The van der Waals surface area contributed by atoms with Gasteiger partial charge in [-0.05, 0) is 40.9 Å². The predicted molar refractivity (Wildman–Crippen MR) is 86.5 cm³/mol. The lowest BCUT2D eigenvalue weighted by Crippen LogP contribution is -2.33. The number of hydrogen-bond donors (Lipinski definition) is 0. The molecule has 2 aliphatic rings. The van der Waals surface area contributed by atoms with Gasteiger partial charge in [0, 0.05) is 12.2 Å². The second kappa shape index (κ2) is 5.38. The maximum absolute atomic E-state index is 12.1. The molecule has 116 valence electrons. The van der Waals surface area contributed by atoms with Crippen molar-refractivity contribution in [2.75, 3.05) is 0 Å². The van der Waals surface area contributed by atoms with Gasteiger partial charge in [-0.15, -0.1) is 0 Å². The minimum atomic E-state index is -0.182. The predicted octanol–water partition coefficient (Wildman–Crippen LogP) is 3.92. The molecular formula is C19H23NO2. The Morgan fingerprint density at radius 2 is 1.64 bits per heavy atom. The third kappa shape index (κ3) is 2.29. The van der Waals surface area contributed by atoms with Gasteiger partial charge >= 0.3 is 0 Å². The number of hydrogen-bond acceptors (Lipinski definition) is 2. The van der Waals surface area contributed by atoms with Crippen LogP contribution in [0.5, 0.6) is 0 Å². The molecule has 1 aromatic rings. The molecule has 2 amide bonds. The smallest absolute Gasteiger partial charge is 0.254 e. The number of rotatable bonds is 3. The van der Waals surface area contributed by atoms with Crippen LogP contribution < -0.4 is 0 Å². The number of amides is 2. The third-order valence-electron chi connectivity index (χ3n) is 4.97. The van der Waals surface area contributed by atoms with Crippen molar-refractivity contribution in [1.82, 2.24) is 4.90 Å². The van der Waals surface area contributed by atoms with E-state index in [2.05, 4.69) is 45.9 Å². The Labute approximate surface area is 132 Å². The zero-order valence-electron chi connectivity index (χ0n) is 13.7. The van der Waals surface area contributed by atoms with Crippen LogP contribution >= 0.6 is 0 Å². The van der Waals surface area contributed by atoms with E-state index in [0.717, 1.165) is 12.0 Å². The van der Waals surface area contributed by atoms with Gasteiger partial charge in [0.2, 0.25) is 0 Å². The molecule has 1 heterocycles. The zero-order valence-corrected chi connectivity index (χ0v) is 13.7. The zero-order chi connectivity index (χ0) is 16.0. The van der Waals surface area contributed by atoms with Gasteiger partial charge < -0.3 is 0 Å². The Morgan fingerprint density at radius 1 is 1.00 bits per heavy atom. The summed E-state index contributed by atoms with van der Waals surface area (Å²) in [6.07, 6.45) is 3.61. The van der Waals surface area contributed by atoms with E-state index in [1.54, 1.807) is 0 Å². The van der Waals surface area contributed by atoms with E-state index >= 15 is 0 Å². The molecule has 0 N–H and O–H groups in total. The number of nitrogens with zero attached hydrogens (tertiary/aromatic N) is 1. The van der Waals surface area contributed by atoms with Crippen molar-refractivity contribution in [2.24, 2.45) is 5.92 Å². The average molecular weight is 297 g/mol. The Morgan fingerprint density at radius 3 is 2.18 bits per heavy atom. The van der Waals surface area contributed by atoms with Crippen molar-refractivity contribution in [3.63, 3.8) is 0 Å². The SMILES string of the molecule is CC(C)c1ccc2c(c1)[C@H](C(C)C)C[C@@H]2N1C(=O)C=CC1=O. The normalized spacial score (nSPS) is 24.0. The molecule has 0 spiro atoms. The van der Waals surface area contributed by atoms with E-state index in [9.17, 15) is 9.59 Å². The number of fused-ring (bicyclic) bond motifs is 1. The molecule has 0 radical (unpaired) electrons. The maximum atomic E-state index is 12.1. The molecule has 0 unspecified atom stereocenters. The summed E-state index contributed by atoms with van der Waals surface area (Å²) < 4.78 is 0. The standard InChI is InChI=1S/C19H23NO2/c1-11(2)13-5-6-14-16(9-13)15(12(3)4)10-17(14)20-18(21)7-8-19(20)22/h5-9,11-12,15,17H,10H2,1-4H3/t15-,17-/m0/s1. The fourth-order valence-corrected chi connectivity index (χ4v) is 3.67. The van der Waals surface area contributed by atoms with Gasteiger partial charge in [0.05, 0.1) is 6.04 Å². The van der Waals surface area contributed by atoms with Crippen LogP contribution in [0.4, 0.5) is 0 Å². The topological polar surface area (TPSA) is 37.4 Å². The van der Waals surface area contributed by atoms with Crippen molar-refractivity contribution in [3.05, 3.63) is 47.0 Å². The molecule has 0 fully saturated rings. The lowest BCUT2D eigenvalue weighted by Gasteiger charge is -2.23. The lowest BCUT2D eigenvalue weighted by molar-refractivity contribution is -0.139. The Bertz CT molecular complexity index is 639. The molecule has 0 bridgehead atoms. The van der Waals surface area contributed by atoms with Gasteiger partial charge in [-0.2, -0.15) is 0 Å². The highest BCUT2D eigenvalue weighted by atomic mass is 16.2. The molecule has 22 heavy (non-hydrogen) atoms. The quantitative estimate of drug-likeness (QED) is 0.793. The molecule has 1 aliphatic heterocycles. The highest BCUT2D eigenvalue weighted by Crippen LogP contribution is 2.48. The van der Waals surface area contributed by atoms with Crippen molar-refractivity contribution in [1.29, 1.82) is 0 Å². The van der Waals surface area contributed by atoms with Gasteiger partial charge in [-0.3, -0.25) is 14.5 Å². The van der Waals surface area contributed by atoms with Gasteiger partial charge in [0.15, 0.2) is 0 Å². The minimum Gasteiger partial charge on any atom is -0.269 e. The molecule has 2 atom stereocenters. The first-order chi connectivity index (χ1) is 10.4. The van der Waals surface area contributed by atoms with Crippen molar-refractivity contribution in [2.45, 2.75) is 52.0 Å². The van der Waals surface area contributed by atoms with E-state index in [4.69, 9.17) is 0 Å². The number of imide groups is 1. The largest absolute Gasteiger partial charge is 0.269 e. The molecule has 1 aromatic carbocycles. The Balaban J connectivity index is 2.04. The van der Waals surface area contributed by atoms with Crippen LogP contribution in [0.3, 0.4) is 0 Å². The molecule has 1 aliphatic carbocycles. The molecule has 0 saturated heterocycles. The Kier molecular flexibility index (Phi) is 3.67. The second-order valence-electron chi connectivity index (χ2n) is 7.02. The number of benzene rings is 1. The lowest BCUT2D eigenvalue weighted by atomic mass is 9.88. The first-order valence-electron chi connectivity index (χ1n) is 8.09.